The number of nitro groups is 1. The largest absolute Gasteiger partial charge is 0.466 e. The van der Waals surface area contributed by atoms with Gasteiger partial charge in [0, 0.05) is 23.8 Å². The van der Waals surface area contributed by atoms with E-state index in [1.165, 1.54) is 14.0 Å². The molecule has 5 nitrogen and oxygen atoms in total. The van der Waals surface area contributed by atoms with E-state index >= 15 is 0 Å². The van der Waals surface area contributed by atoms with Gasteiger partial charge in [-0.3, -0.25) is 10.1 Å². The summed E-state index contributed by atoms with van der Waals surface area (Å²) in [5.74, 6) is -1.28. The molecule has 17 heavy (non-hydrogen) atoms. The summed E-state index contributed by atoms with van der Waals surface area (Å²) in [5.41, 5.74) is 0.0293. The molecule has 0 spiro atoms. The fourth-order valence-electron chi connectivity index (χ4n) is 1.24. The number of esters is 1. The molecule has 1 aromatic rings. The molecule has 0 amide bonds. The van der Waals surface area contributed by atoms with Gasteiger partial charge in [0.2, 0.25) is 0 Å². The number of rotatable bonds is 3. The van der Waals surface area contributed by atoms with Crippen LogP contribution < -0.4 is 0 Å². The van der Waals surface area contributed by atoms with Crippen LogP contribution in [0.15, 0.2) is 24.3 Å². The van der Waals surface area contributed by atoms with Gasteiger partial charge in [0.25, 0.3) is 5.69 Å². The molecule has 0 heterocycles. The van der Waals surface area contributed by atoms with E-state index in [-0.39, 0.29) is 16.8 Å². The first-order chi connectivity index (χ1) is 7.95. The molecule has 0 aliphatic heterocycles. The predicted molar refractivity (Wildman–Crippen MR) is 58.7 cm³/mol. The summed E-state index contributed by atoms with van der Waals surface area (Å²) in [5, 5.41) is 10.5. The monoisotopic (exact) mass is 239 g/mol. The number of carbonyl (C=O) groups is 1. The van der Waals surface area contributed by atoms with Crippen molar-refractivity contribution in [1.29, 1.82) is 0 Å². The van der Waals surface area contributed by atoms with Gasteiger partial charge in [-0.1, -0.05) is 0 Å². The Morgan fingerprint density at radius 2 is 2.18 bits per heavy atom. The molecule has 6 heteroatoms. The molecule has 0 aromatic heterocycles. The van der Waals surface area contributed by atoms with Crippen LogP contribution in [0.2, 0.25) is 0 Å². The number of hydrogen-bond donors (Lipinski definition) is 0. The molecule has 0 aliphatic rings. The Bertz CT molecular complexity index is 496. The van der Waals surface area contributed by atoms with Crippen molar-refractivity contribution in [3.05, 3.63) is 45.8 Å². The summed E-state index contributed by atoms with van der Waals surface area (Å²) in [7, 11) is 1.19. The minimum atomic E-state index is -0.645. The number of nitro benzene ring substituents is 1. The van der Waals surface area contributed by atoms with Gasteiger partial charge < -0.3 is 4.74 Å². The topological polar surface area (TPSA) is 69.4 Å². The van der Waals surface area contributed by atoms with Gasteiger partial charge in [-0.15, -0.1) is 0 Å². The van der Waals surface area contributed by atoms with E-state index in [2.05, 4.69) is 4.74 Å². The van der Waals surface area contributed by atoms with Crippen LogP contribution in [0.1, 0.15) is 12.5 Å². The first-order valence-corrected chi connectivity index (χ1v) is 4.66. The minimum absolute atomic E-state index is 0.00426. The lowest BCUT2D eigenvalue weighted by molar-refractivity contribution is -0.384. The number of ether oxygens (including phenoxy) is 1. The summed E-state index contributed by atoms with van der Waals surface area (Å²) in [6, 6.07) is 3.12. The first-order valence-electron chi connectivity index (χ1n) is 4.66. The number of hydrogen-bond acceptors (Lipinski definition) is 4. The third kappa shape index (κ3) is 3.10. The maximum Gasteiger partial charge on any atom is 0.330 e. The molecule has 0 N–H and O–H groups in total. The fraction of sp³-hybridized carbons (Fsp3) is 0.182. The Labute approximate surface area is 96.7 Å². The van der Waals surface area contributed by atoms with Crippen molar-refractivity contribution in [2.75, 3.05) is 7.11 Å². The van der Waals surface area contributed by atoms with E-state index in [0.29, 0.717) is 0 Å². The van der Waals surface area contributed by atoms with Crippen molar-refractivity contribution >= 4 is 17.2 Å². The van der Waals surface area contributed by atoms with Gasteiger partial charge in [0.1, 0.15) is 5.82 Å². The first kappa shape index (κ1) is 12.8. The van der Waals surface area contributed by atoms with E-state index in [0.717, 1.165) is 24.3 Å². The summed E-state index contributed by atoms with van der Waals surface area (Å²) in [6.45, 7) is 1.47. The molecule has 0 atom stereocenters. The van der Waals surface area contributed by atoms with Gasteiger partial charge in [-0.25, -0.2) is 9.18 Å². The molecule has 0 unspecified atom stereocenters. The van der Waals surface area contributed by atoms with Crippen molar-refractivity contribution in [2.45, 2.75) is 6.92 Å². The van der Waals surface area contributed by atoms with Gasteiger partial charge in [-0.2, -0.15) is 0 Å². The summed E-state index contributed by atoms with van der Waals surface area (Å²) in [4.78, 5) is 20.9. The van der Waals surface area contributed by atoms with E-state index < -0.39 is 16.7 Å². The quantitative estimate of drug-likeness (QED) is 0.351. The second kappa shape index (κ2) is 5.20. The molecule has 0 saturated heterocycles. The Kier molecular flexibility index (Phi) is 3.92. The van der Waals surface area contributed by atoms with E-state index in [9.17, 15) is 19.3 Å². The third-order valence-corrected chi connectivity index (χ3v) is 2.12. The number of methoxy groups -OCH3 is 1. The van der Waals surface area contributed by atoms with Crippen molar-refractivity contribution in [1.82, 2.24) is 0 Å². The lowest BCUT2D eigenvalue weighted by Gasteiger charge is -2.03. The zero-order chi connectivity index (χ0) is 13.0. The average molecular weight is 239 g/mol. The Morgan fingerprint density at radius 3 is 2.71 bits per heavy atom. The highest BCUT2D eigenvalue weighted by atomic mass is 19.1. The molecule has 0 aliphatic carbocycles. The highest BCUT2D eigenvalue weighted by Gasteiger charge is 2.12. The zero-order valence-corrected chi connectivity index (χ0v) is 9.27. The molecule has 1 rings (SSSR count). The molecular weight excluding hydrogens is 229 g/mol. The fourth-order valence-corrected chi connectivity index (χ4v) is 1.24. The normalized spacial score (nSPS) is 11.1. The van der Waals surface area contributed by atoms with E-state index in [1.54, 1.807) is 0 Å². The summed E-state index contributed by atoms with van der Waals surface area (Å²) >= 11 is 0. The lowest BCUT2D eigenvalue weighted by Crippen LogP contribution is -1.98. The standard InChI is InChI=1S/C11H10FNO4/c1-7(5-11(14)17-2)9-6-8(13(15)16)3-4-10(9)12/h3-6H,1-2H3/b7-5-. The molecular formula is C11H10FNO4. The maximum atomic E-state index is 13.4. The molecule has 0 fully saturated rings. The second-order valence-electron chi connectivity index (χ2n) is 3.27. The number of nitrogens with zero attached hydrogens (tertiary/aromatic N) is 1. The molecule has 0 radical (unpaired) electrons. The molecule has 1 aromatic carbocycles. The van der Waals surface area contributed by atoms with Crippen LogP contribution in [0.25, 0.3) is 5.57 Å². The van der Waals surface area contributed by atoms with Crippen LogP contribution in [0.3, 0.4) is 0 Å². The highest BCUT2D eigenvalue weighted by molar-refractivity contribution is 5.91. The Balaban J connectivity index is 3.21. The SMILES string of the molecule is COC(=O)/C=C(/C)c1cc([N+](=O)[O-])ccc1F. The molecule has 0 saturated carbocycles. The Hall–Kier alpha value is -2.24. The van der Waals surface area contributed by atoms with Crippen molar-refractivity contribution in [2.24, 2.45) is 0 Å². The number of non-ortho nitro benzene ring substituents is 1. The molecule has 90 valence electrons. The number of allylic oxidation sites excluding steroid dienone is 1. The van der Waals surface area contributed by atoms with Crippen LogP contribution in [0.4, 0.5) is 10.1 Å². The van der Waals surface area contributed by atoms with Crippen molar-refractivity contribution in [3.8, 4) is 0 Å². The van der Waals surface area contributed by atoms with Crippen LogP contribution in [-0.4, -0.2) is 18.0 Å². The third-order valence-electron chi connectivity index (χ3n) is 2.12. The number of halogens is 1. The lowest BCUT2D eigenvalue weighted by atomic mass is 10.1. The number of benzene rings is 1. The van der Waals surface area contributed by atoms with Crippen molar-refractivity contribution in [3.63, 3.8) is 0 Å². The van der Waals surface area contributed by atoms with Gasteiger partial charge in [0.05, 0.1) is 12.0 Å². The summed E-state index contributed by atoms with van der Waals surface area (Å²) in [6.07, 6.45) is 1.07. The maximum absolute atomic E-state index is 13.4. The molecule has 0 bridgehead atoms. The zero-order valence-electron chi connectivity index (χ0n) is 9.27. The number of carbonyl (C=O) groups excluding carboxylic acids is 1. The second-order valence-corrected chi connectivity index (χ2v) is 3.27. The van der Waals surface area contributed by atoms with Gasteiger partial charge in [-0.05, 0) is 18.6 Å². The summed E-state index contributed by atoms with van der Waals surface area (Å²) < 4.78 is 17.8. The van der Waals surface area contributed by atoms with Gasteiger partial charge >= 0.3 is 5.97 Å². The Morgan fingerprint density at radius 1 is 1.53 bits per heavy atom. The van der Waals surface area contributed by atoms with Crippen LogP contribution in [0, 0.1) is 15.9 Å². The minimum Gasteiger partial charge on any atom is -0.466 e. The van der Waals surface area contributed by atoms with Gasteiger partial charge in [0.15, 0.2) is 0 Å². The predicted octanol–water partition coefficient (Wildman–Crippen LogP) is 2.31. The average Bonchev–Trinajstić information content (AvgIpc) is 2.28. The van der Waals surface area contributed by atoms with Crippen molar-refractivity contribution < 1.29 is 18.8 Å². The van der Waals surface area contributed by atoms with Crippen LogP contribution in [-0.2, 0) is 9.53 Å². The van der Waals surface area contributed by atoms with E-state index in [4.69, 9.17) is 0 Å². The smallest absolute Gasteiger partial charge is 0.330 e. The highest BCUT2D eigenvalue weighted by Crippen LogP contribution is 2.23. The van der Waals surface area contributed by atoms with E-state index in [1.807, 2.05) is 0 Å². The van der Waals surface area contributed by atoms with Crippen LogP contribution >= 0.6 is 0 Å². The van der Waals surface area contributed by atoms with Crippen LogP contribution in [0.5, 0.6) is 0 Å².